The lowest BCUT2D eigenvalue weighted by Crippen LogP contribution is -2.42. The first-order valence-electron chi connectivity index (χ1n) is 9.15. The predicted octanol–water partition coefficient (Wildman–Crippen LogP) is 4.27. The van der Waals surface area contributed by atoms with Gasteiger partial charge in [0.25, 0.3) is 5.91 Å². The van der Waals surface area contributed by atoms with Crippen LogP contribution in [-0.4, -0.2) is 29.3 Å². The highest BCUT2D eigenvalue weighted by Gasteiger charge is 2.49. The van der Waals surface area contributed by atoms with Gasteiger partial charge in [0, 0.05) is 5.69 Å². The van der Waals surface area contributed by atoms with Crippen molar-refractivity contribution in [2.45, 2.75) is 32.7 Å². The summed E-state index contributed by atoms with van der Waals surface area (Å²) in [6, 6.07) is 9.82. The van der Waals surface area contributed by atoms with Gasteiger partial charge in [0.15, 0.2) is 0 Å². The maximum atomic E-state index is 13.0. The van der Waals surface area contributed by atoms with Gasteiger partial charge in [-0.2, -0.15) is 0 Å². The van der Waals surface area contributed by atoms with Crippen molar-refractivity contribution in [1.29, 1.82) is 0 Å². The van der Waals surface area contributed by atoms with E-state index in [1.54, 1.807) is 19.1 Å². The zero-order chi connectivity index (χ0) is 21.3. The molecule has 152 valence electrons. The van der Waals surface area contributed by atoms with Crippen molar-refractivity contribution in [1.82, 2.24) is 10.2 Å². The van der Waals surface area contributed by atoms with Gasteiger partial charge in [-0.15, -0.1) is 0 Å². The lowest BCUT2D eigenvalue weighted by molar-refractivity contribution is -0.133. The molecule has 29 heavy (non-hydrogen) atoms. The molecule has 1 fully saturated rings. The van der Waals surface area contributed by atoms with Crippen molar-refractivity contribution in [3.63, 3.8) is 0 Å². The van der Waals surface area contributed by atoms with Gasteiger partial charge in [-0.1, -0.05) is 54.4 Å². The summed E-state index contributed by atoms with van der Waals surface area (Å²) in [4.78, 5) is 39.0. The molecule has 6 nitrogen and oxygen atoms in total. The van der Waals surface area contributed by atoms with E-state index < -0.39 is 23.4 Å². The third kappa shape index (κ3) is 3.95. The number of nitrogens with zero attached hydrogens (tertiary/aromatic N) is 1. The zero-order valence-electron chi connectivity index (χ0n) is 16.3. The molecule has 1 saturated heterocycles. The highest BCUT2D eigenvalue weighted by molar-refractivity contribution is 6.42. The minimum Gasteiger partial charge on any atom is -0.324 e. The van der Waals surface area contributed by atoms with Crippen molar-refractivity contribution in [3.8, 4) is 0 Å². The van der Waals surface area contributed by atoms with Gasteiger partial charge in [-0.25, -0.2) is 4.79 Å². The number of anilines is 1. The molecule has 2 N–H and O–H groups in total. The number of halogens is 2. The molecule has 2 aromatic carbocycles. The van der Waals surface area contributed by atoms with Crippen LogP contribution in [0.1, 0.15) is 30.5 Å². The Hall–Kier alpha value is -2.57. The number of imide groups is 1. The first-order chi connectivity index (χ1) is 13.7. The second kappa shape index (κ2) is 8.05. The highest BCUT2D eigenvalue weighted by atomic mass is 35.5. The van der Waals surface area contributed by atoms with E-state index in [0.717, 1.165) is 22.4 Å². The standard InChI is InChI=1S/C21H21Cl2N3O3/c1-4-13-7-5-6-12(2)18(13)24-17(27)11-26-19(28)21(3,25-20(26)29)14-8-9-15(22)16(23)10-14/h5-10H,4,11H2,1-3H3,(H,24,27)(H,25,29). The fourth-order valence-corrected chi connectivity index (χ4v) is 3.67. The Morgan fingerprint density at radius 2 is 1.90 bits per heavy atom. The summed E-state index contributed by atoms with van der Waals surface area (Å²) in [5.74, 6) is -0.979. The SMILES string of the molecule is CCc1cccc(C)c1NC(=O)CN1C(=O)NC(C)(c2ccc(Cl)c(Cl)c2)C1=O. The summed E-state index contributed by atoms with van der Waals surface area (Å²) in [6.07, 6.45) is 0.746. The zero-order valence-corrected chi connectivity index (χ0v) is 17.8. The predicted molar refractivity (Wildman–Crippen MR) is 113 cm³/mol. The van der Waals surface area contributed by atoms with Crippen molar-refractivity contribution < 1.29 is 14.4 Å². The molecule has 3 rings (SSSR count). The maximum Gasteiger partial charge on any atom is 0.325 e. The van der Waals surface area contributed by atoms with Crippen LogP contribution < -0.4 is 10.6 Å². The summed E-state index contributed by atoms with van der Waals surface area (Å²) >= 11 is 12.0. The van der Waals surface area contributed by atoms with Crippen LogP contribution in [0.25, 0.3) is 0 Å². The number of carbonyl (C=O) groups is 3. The summed E-state index contributed by atoms with van der Waals surface area (Å²) in [5.41, 5.74) is 1.76. The third-order valence-electron chi connectivity index (χ3n) is 5.08. The molecule has 1 atom stereocenters. The molecular formula is C21H21Cl2N3O3. The smallest absolute Gasteiger partial charge is 0.324 e. The van der Waals surface area contributed by atoms with E-state index in [9.17, 15) is 14.4 Å². The number of para-hydroxylation sites is 1. The Labute approximate surface area is 179 Å². The first kappa shape index (κ1) is 21.1. The molecule has 1 unspecified atom stereocenters. The van der Waals surface area contributed by atoms with Gasteiger partial charge in [0.2, 0.25) is 5.91 Å². The molecule has 1 aliphatic heterocycles. The number of carbonyl (C=O) groups excluding carboxylic acids is 3. The molecule has 0 aliphatic carbocycles. The van der Waals surface area contributed by atoms with Gasteiger partial charge >= 0.3 is 6.03 Å². The number of hydrogen-bond acceptors (Lipinski definition) is 3. The van der Waals surface area contributed by atoms with E-state index >= 15 is 0 Å². The molecule has 1 aliphatic rings. The summed E-state index contributed by atoms with van der Waals surface area (Å²) < 4.78 is 0. The number of hydrogen-bond donors (Lipinski definition) is 2. The molecule has 0 bridgehead atoms. The summed E-state index contributed by atoms with van der Waals surface area (Å²) in [5, 5.41) is 6.10. The number of urea groups is 1. The van der Waals surface area contributed by atoms with Gasteiger partial charge < -0.3 is 10.6 Å². The molecule has 2 aromatic rings. The van der Waals surface area contributed by atoms with Crippen LogP contribution in [0.4, 0.5) is 10.5 Å². The second-order valence-electron chi connectivity index (χ2n) is 7.09. The number of nitrogens with one attached hydrogen (secondary N) is 2. The van der Waals surface area contributed by atoms with E-state index in [1.807, 2.05) is 32.0 Å². The second-order valence-corrected chi connectivity index (χ2v) is 7.90. The Kier molecular flexibility index (Phi) is 5.87. The summed E-state index contributed by atoms with van der Waals surface area (Å²) in [7, 11) is 0. The monoisotopic (exact) mass is 433 g/mol. The Morgan fingerprint density at radius 1 is 1.17 bits per heavy atom. The van der Waals surface area contributed by atoms with Crippen molar-refractivity contribution in [3.05, 3.63) is 63.1 Å². The molecule has 1 heterocycles. The highest BCUT2D eigenvalue weighted by Crippen LogP contribution is 2.33. The van der Waals surface area contributed by atoms with Crippen LogP contribution >= 0.6 is 23.2 Å². The lowest BCUT2D eigenvalue weighted by atomic mass is 9.92. The minimum absolute atomic E-state index is 0.273. The molecule has 0 saturated carbocycles. The first-order valence-corrected chi connectivity index (χ1v) is 9.91. The van der Waals surface area contributed by atoms with E-state index in [4.69, 9.17) is 23.2 Å². The third-order valence-corrected chi connectivity index (χ3v) is 5.82. The van der Waals surface area contributed by atoms with Crippen LogP contribution in [0.5, 0.6) is 0 Å². The van der Waals surface area contributed by atoms with Crippen molar-refractivity contribution >= 4 is 46.7 Å². The Balaban J connectivity index is 1.80. The fraction of sp³-hybridized carbons (Fsp3) is 0.286. The molecule has 0 radical (unpaired) electrons. The maximum absolute atomic E-state index is 13.0. The number of amides is 4. The molecule has 0 spiro atoms. The van der Waals surface area contributed by atoms with Crippen LogP contribution in [0.3, 0.4) is 0 Å². The average molecular weight is 434 g/mol. The largest absolute Gasteiger partial charge is 0.325 e. The van der Waals surface area contributed by atoms with Gasteiger partial charge in [0.1, 0.15) is 12.1 Å². The Bertz CT molecular complexity index is 1010. The quantitative estimate of drug-likeness (QED) is 0.690. The number of aryl methyl sites for hydroxylation is 2. The number of benzene rings is 2. The van der Waals surface area contributed by atoms with Gasteiger partial charge in [-0.05, 0) is 49.1 Å². The fourth-order valence-electron chi connectivity index (χ4n) is 3.37. The Morgan fingerprint density at radius 3 is 2.55 bits per heavy atom. The topological polar surface area (TPSA) is 78.5 Å². The lowest BCUT2D eigenvalue weighted by Gasteiger charge is -2.22. The minimum atomic E-state index is -1.33. The van der Waals surface area contributed by atoms with Crippen molar-refractivity contribution in [2.75, 3.05) is 11.9 Å². The number of rotatable bonds is 5. The van der Waals surface area contributed by atoms with Crippen LogP contribution in [0, 0.1) is 6.92 Å². The molecule has 8 heteroatoms. The van der Waals surface area contributed by atoms with Crippen LogP contribution in [-0.2, 0) is 21.5 Å². The van der Waals surface area contributed by atoms with E-state index in [0.29, 0.717) is 16.3 Å². The van der Waals surface area contributed by atoms with E-state index in [-0.39, 0.29) is 11.6 Å². The summed E-state index contributed by atoms with van der Waals surface area (Å²) in [6.45, 7) is 5.06. The average Bonchev–Trinajstić information content (AvgIpc) is 2.89. The normalized spacial score (nSPS) is 18.7. The van der Waals surface area contributed by atoms with Crippen LogP contribution in [0.15, 0.2) is 36.4 Å². The van der Waals surface area contributed by atoms with E-state index in [2.05, 4.69) is 10.6 Å². The molecular weight excluding hydrogens is 413 g/mol. The van der Waals surface area contributed by atoms with Gasteiger partial charge in [0.05, 0.1) is 10.0 Å². The van der Waals surface area contributed by atoms with Crippen LogP contribution in [0.2, 0.25) is 10.0 Å². The van der Waals surface area contributed by atoms with Gasteiger partial charge in [-0.3, -0.25) is 14.5 Å². The molecule has 4 amide bonds. The molecule has 0 aromatic heterocycles. The van der Waals surface area contributed by atoms with E-state index in [1.165, 1.54) is 6.07 Å². The van der Waals surface area contributed by atoms with Crippen molar-refractivity contribution in [2.24, 2.45) is 0 Å².